The van der Waals surface area contributed by atoms with Gasteiger partial charge < -0.3 is 30.2 Å². The lowest BCUT2D eigenvalue weighted by Crippen LogP contribution is -2.37. The van der Waals surface area contributed by atoms with Crippen LogP contribution in [0.4, 0.5) is 4.39 Å². The molecule has 2 aromatic heterocycles. The Hall–Kier alpha value is -3.80. The van der Waals surface area contributed by atoms with Gasteiger partial charge in [0.05, 0.1) is 41.8 Å². The quantitative estimate of drug-likeness (QED) is 0.154. The van der Waals surface area contributed by atoms with E-state index in [1.54, 1.807) is 25.4 Å². The first-order valence-corrected chi connectivity index (χ1v) is 16.3. The predicted octanol–water partition coefficient (Wildman–Crippen LogP) is 6.19. The second-order valence-electron chi connectivity index (χ2n) is 11.5. The third-order valence-corrected chi connectivity index (χ3v) is 9.28. The summed E-state index contributed by atoms with van der Waals surface area (Å²) in [7, 11) is 3.09. The summed E-state index contributed by atoms with van der Waals surface area (Å²) in [6.45, 7) is 2.91. The van der Waals surface area contributed by atoms with Crippen LogP contribution in [-0.2, 0) is 22.6 Å². The van der Waals surface area contributed by atoms with Crippen LogP contribution in [0.25, 0.3) is 33.6 Å². The van der Waals surface area contributed by atoms with Gasteiger partial charge in [-0.15, -0.1) is 0 Å². The van der Waals surface area contributed by atoms with E-state index in [0.717, 1.165) is 25.0 Å². The number of methoxy groups -OCH3 is 2. The lowest BCUT2D eigenvalue weighted by atomic mass is 9.99. The standard InChI is InChI=1S/C35H36Cl2FN5O4/c1-45-30-15-21(14-28(38)27(30)19-40-18-23-11-13-47-23)34-33(37)25(10-12-41-34)24-4-3-5-26(32(24)36)29-8-6-20(35(43-29)46-2)16-39-17-22-7-9-31(44)42-22/h3-6,8,10,12,14-15,22-23,39-40H,7,9,11,13,16-19H2,1-2H3,(H,42,44)/t22-,23+/m0/s1. The summed E-state index contributed by atoms with van der Waals surface area (Å²) >= 11 is 14.0. The number of carbonyl (C=O) groups is 1. The molecule has 47 heavy (non-hydrogen) atoms. The second-order valence-corrected chi connectivity index (χ2v) is 12.3. The van der Waals surface area contributed by atoms with Crippen LogP contribution in [0.5, 0.6) is 11.6 Å². The molecule has 2 aliphatic heterocycles. The van der Waals surface area contributed by atoms with Crippen LogP contribution >= 0.6 is 23.2 Å². The average Bonchev–Trinajstić information content (AvgIpc) is 3.47. The van der Waals surface area contributed by atoms with Gasteiger partial charge in [-0.3, -0.25) is 9.78 Å². The highest BCUT2D eigenvalue weighted by atomic mass is 35.5. The topological polar surface area (TPSA) is 107 Å². The molecular weight excluding hydrogens is 644 g/mol. The molecule has 2 fully saturated rings. The van der Waals surface area contributed by atoms with Crippen LogP contribution in [0.3, 0.4) is 0 Å². The van der Waals surface area contributed by atoms with Crippen molar-refractivity contribution >= 4 is 29.1 Å². The van der Waals surface area contributed by atoms with Crippen molar-refractivity contribution in [2.75, 3.05) is 33.9 Å². The molecule has 1 amide bonds. The third kappa shape index (κ3) is 7.37. The number of amides is 1. The van der Waals surface area contributed by atoms with E-state index in [1.807, 2.05) is 30.3 Å². The number of rotatable bonds is 13. The van der Waals surface area contributed by atoms with Crippen molar-refractivity contribution in [3.05, 3.63) is 81.7 Å². The van der Waals surface area contributed by atoms with E-state index in [2.05, 4.69) is 20.9 Å². The van der Waals surface area contributed by atoms with Gasteiger partial charge in [0.2, 0.25) is 11.8 Å². The molecule has 6 rings (SSSR count). The van der Waals surface area contributed by atoms with Crippen molar-refractivity contribution in [3.8, 4) is 45.3 Å². The van der Waals surface area contributed by atoms with Crippen molar-refractivity contribution in [1.29, 1.82) is 0 Å². The third-order valence-electron chi connectivity index (χ3n) is 8.49. The number of aromatic nitrogens is 2. The maximum absolute atomic E-state index is 15.4. The fraction of sp³-hybridized carbons (Fsp3) is 0.343. The zero-order valence-electron chi connectivity index (χ0n) is 26.2. The molecule has 2 saturated heterocycles. The summed E-state index contributed by atoms with van der Waals surface area (Å²) in [4.78, 5) is 20.7. The summed E-state index contributed by atoms with van der Waals surface area (Å²) in [5.41, 5.74) is 4.83. The molecule has 9 nitrogen and oxygen atoms in total. The maximum atomic E-state index is 15.4. The number of benzene rings is 2. The van der Waals surface area contributed by atoms with E-state index in [4.69, 9.17) is 42.4 Å². The molecule has 0 bridgehead atoms. The van der Waals surface area contributed by atoms with E-state index in [1.165, 1.54) is 13.2 Å². The molecule has 2 aromatic carbocycles. The Morgan fingerprint density at radius 3 is 2.49 bits per heavy atom. The Morgan fingerprint density at radius 1 is 0.979 bits per heavy atom. The number of carbonyl (C=O) groups excluding carboxylic acids is 1. The monoisotopic (exact) mass is 679 g/mol. The van der Waals surface area contributed by atoms with Crippen molar-refractivity contribution in [3.63, 3.8) is 0 Å². The first-order valence-electron chi connectivity index (χ1n) is 15.5. The van der Waals surface area contributed by atoms with Crippen LogP contribution in [0.2, 0.25) is 10.0 Å². The number of hydrogen-bond acceptors (Lipinski definition) is 8. The smallest absolute Gasteiger partial charge is 0.220 e. The second kappa shape index (κ2) is 15.0. The van der Waals surface area contributed by atoms with E-state index in [-0.39, 0.29) is 18.1 Å². The molecule has 4 heterocycles. The van der Waals surface area contributed by atoms with Crippen molar-refractivity contribution < 1.29 is 23.4 Å². The molecule has 0 saturated carbocycles. The molecule has 0 aliphatic carbocycles. The van der Waals surface area contributed by atoms with Crippen LogP contribution < -0.4 is 25.4 Å². The van der Waals surface area contributed by atoms with E-state index in [9.17, 15) is 4.79 Å². The Balaban J connectivity index is 1.24. The van der Waals surface area contributed by atoms with Crippen molar-refractivity contribution in [1.82, 2.24) is 25.9 Å². The van der Waals surface area contributed by atoms with Crippen molar-refractivity contribution in [2.24, 2.45) is 0 Å². The first-order chi connectivity index (χ1) is 22.9. The normalized spacial score (nSPS) is 17.3. The summed E-state index contributed by atoms with van der Waals surface area (Å²) in [5, 5.41) is 10.4. The lowest BCUT2D eigenvalue weighted by molar-refractivity contribution is -0.119. The van der Waals surface area contributed by atoms with Gasteiger partial charge in [0.25, 0.3) is 0 Å². The zero-order valence-corrected chi connectivity index (χ0v) is 27.7. The Morgan fingerprint density at radius 2 is 1.77 bits per heavy atom. The van der Waals surface area contributed by atoms with Gasteiger partial charge in [0, 0.05) is 84.8 Å². The minimum atomic E-state index is -0.423. The Labute approximate surface area is 283 Å². The molecular formula is C35H36Cl2FN5O4. The number of nitrogens with one attached hydrogen (secondary N) is 3. The molecule has 0 unspecified atom stereocenters. The molecule has 3 N–H and O–H groups in total. The maximum Gasteiger partial charge on any atom is 0.220 e. The summed E-state index contributed by atoms with van der Waals surface area (Å²) in [5.74, 6) is 0.538. The molecule has 12 heteroatoms. The number of pyridine rings is 2. The highest BCUT2D eigenvalue weighted by Crippen LogP contribution is 2.42. The summed E-state index contributed by atoms with van der Waals surface area (Å²) in [6.07, 6.45) is 4.17. The first kappa shape index (κ1) is 33.1. The SMILES string of the molecule is COc1cc(-c2nccc(-c3cccc(-c4ccc(CNC[C@@H]5CCC(=O)N5)c(OC)n4)c3Cl)c2Cl)cc(F)c1CNC[C@H]1CCO1. The van der Waals surface area contributed by atoms with Gasteiger partial charge in [-0.25, -0.2) is 9.37 Å². The van der Waals surface area contributed by atoms with Gasteiger partial charge >= 0.3 is 0 Å². The van der Waals surface area contributed by atoms with Crippen LogP contribution in [0.1, 0.15) is 30.4 Å². The van der Waals surface area contributed by atoms with Crippen LogP contribution in [-0.4, -0.2) is 61.9 Å². The van der Waals surface area contributed by atoms with Crippen LogP contribution in [0.15, 0.2) is 54.7 Å². The number of nitrogens with zero attached hydrogens (tertiary/aromatic N) is 2. The van der Waals surface area contributed by atoms with E-state index < -0.39 is 5.82 Å². The van der Waals surface area contributed by atoms with Gasteiger partial charge in [0.1, 0.15) is 11.6 Å². The number of halogens is 3. The average molecular weight is 681 g/mol. The minimum absolute atomic E-state index is 0.0887. The fourth-order valence-electron chi connectivity index (χ4n) is 5.84. The van der Waals surface area contributed by atoms with E-state index in [0.29, 0.717) is 93.5 Å². The van der Waals surface area contributed by atoms with Gasteiger partial charge in [-0.1, -0.05) is 47.5 Å². The van der Waals surface area contributed by atoms with Gasteiger partial charge in [-0.05, 0) is 37.1 Å². The van der Waals surface area contributed by atoms with Gasteiger partial charge in [0.15, 0.2) is 0 Å². The predicted molar refractivity (Wildman–Crippen MR) is 180 cm³/mol. The highest BCUT2D eigenvalue weighted by Gasteiger charge is 2.22. The number of ether oxygens (including phenoxy) is 3. The fourth-order valence-corrected chi connectivity index (χ4v) is 6.49. The largest absolute Gasteiger partial charge is 0.496 e. The minimum Gasteiger partial charge on any atom is -0.496 e. The Bertz CT molecular complexity index is 1770. The molecule has 2 atom stereocenters. The molecule has 2 aliphatic rings. The molecule has 0 radical (unpaired) electrons. The highest BCUT2D eigenvalue weighted by molar-refractivity contribution is 6.39. The number of hydrogen-bond donors (Lipinski definition) is 3. The van der Waals surface area contributed by atoms with Gasteiger partial charge in [-0.2, -0.15) is 0 Å². The lowest BCUT2D eigenvalue weighted by Gasteiger charge is -2.26. The molecule has 246 valence electrons. The van der Waals surface area contributed by atoms with Crippen molar-refractivity contribution in [2.45, 2.75) is 44.5 Å². The zero-order chi connectivity index (χ0) is 32.9. The Kier molecular flexibility index (Phi) is 10.5. The molecule has 0 spiro atoms. The molecule has 4 aromatic rings. The summed E-state index contributed by atoms with van der Waals surface area (Å²) in [6, 6.07) is 14.5. The van der Waals surface area contributed by atoms with E-state index >= 15 is 4.39 Å². The summed E-state index contributed by atoms with van der Waals surface area (Å²) < 4.78 is 32.0. The van der Waals surface area contributed by atoms with Crippen LogP contribution in [0, 0.1) is 5.82 Å².